The molecule has 0 atom stereocenters. The van der Waals surface area contributed by atoms with Crippen molar-refractivity contribution in [3.8, 4) is 0 Å². The zero-order valence-corrected chi connectivity index (χ0v) is 8.79. The Morgan fingerprint density at radius 2 is 2.29 bits per heavy atom. The Morgan fingerprint density at radius 1 is 1.57 bits per heavy atom. The maximum Gasteiger partial charge on any atom is 0.338 e. The molecule has 1 fully saturated rings. The number of hydrazine groups is 1. The number of carbonyl (C=O) groups excluding carboxylic acids is 1. The van der Waals surface area contributed by atoms with Gasteiger partial charge >= 0.3 is 6.03 Å². The van der Waals surface area contributed by atoms with Crippen molar-refractivity contribution in [2.45, 2.75) is 19.8 Å². The summed E-state index contributed by atoms with van der Waals surface area (Å²) in [6.45, 7) is 3.61. The predicted octanol–water partition coefficient (Wildman–Crippen LogP) is 1.17. The van der Waals surface area contributed by atoms with Gasteiger partial charge < -0.3 is 0 Å². The second kappa shape index (κ2) is 3.61. The normalized spacial score (nSPS) is 23.6. The highest BCUT2D eigenvalue weighted by molar-refractivity contribution is 5.76. The van der Waals surface area contributed by atoms with Crippen molar-refractivity contribution in [2.75, 3.05) is 20.1 Å². The van der Waals surface area contributed by atoms with Gasteiger partial charge in [0.15, 0.2) is 0 Å². The number of hydrogen-bond donors (Lipinski definition) is 1. The summed E-state index contributed by atoms with van der Waals surface area (Å²) in [7, 11) is 1.77. The van der Waals surface area contributed by atoms with Crippen LogP contribution in [0.5, 0.6) is 0 Å². The van der Waals surface area contributed by atoms with Gasteiger partial charge in [-0.15, -0.1) is 0 Å². The molecule has 2 aliphatic rings. The number of hydrogen-bond acceptors (Lipinski definition) is 2. The minimum atomic E-state index is 0.0585. The molecule has 4 nitrogen and oxygen atoms in total. The largest absolute Gasteiger partial charge is 0.338 e. The van der Waals surface area contributed by atoms with Crippen LogP contribution in [0.25, 0.3) is 0 Å². The lowest BCUT2D eigenvalue weighted by atomic mass is 10.3. The molecule has 0 saturated heterocycles. The number of amides is 2. The van der Waals surface area contributed by atoms with Crippen molar-refractivity contribution in [3.63, 3.8) is 0 Å². The predicted molar refractivity (Wildman–Crippen MR) is 54.3 cm³/mol. The van der Waals surface area contributed by atoms with Crippen LogP contribution in [0, 0.1) is 5.92 Å². The summed E-state index contributed by atoms with van der Waals surface area (Å²) < 4.78 is 0. The van der Waals surface area contributed by atoms with Gasteiger partial charge in [-0.1, -0.05) is 0 Å². The van der Waals surface area contributed by atoms with Gasteiger partial charge in [-0.05, 0) is 31.8 Å². The minimum Gasteiger partial charge on any atom is -0.297 e. The van der Waals surface area contributed by atoms with Crippen LogP contribution in [-0.2, 0) is 0 Å². The van der Waals surface area contributed by atoms with Gasteiger partial charge in [0.05, 0.1) is 0 Å². The topological polar surface area (TPSA) is 35.6 Å². The van der Waals surface area contributed by atoms with Crippen LogP contribution in [0.2, 0.25) is 0 Å². The number of rotatable bonds is 2. The average molecular weight is 195 g/mol. The molecule has 0 aromatic heterocycles. The first kappa shape index (κ1) is 9.52. The fraction of sp³-hybridized carbons (Fsp3) is 0.700. The highest BCUT2D eigenvalue weighted by atomic mass is 16.2. The van der Waals surface area contributed by atoms with Gasteiger partial charge in [0.2, 0.25) is 0 Å². The van der Waals surface area contributed by atoms with E-state index in [-0.39, 0.29) is 6.03 Å². The molecule has 2 amide bonds. The van der Waals surface area contributed by atoms with Gasteiger partial charge in [-0.3, -0.25) is 9.91 Å². The van der Waals surface area contributed by atoms with Gasteiger partial charge in [-0.25, -0.2) is 10.2 Å². The van der Waals surface area contributed by atoms with E-state index >= 15 is 0 Å². The highest BCUT2D eigenvalue weighted by Crippen LogP contribution is 2.31. The van der Waals surface area contributed by atoms with Crippen molar-refractivity contribution in [2.24, 2.45) is 5.92 Å². The van der Waals surface area contributed by atoms with E-state index in [0.717, 1.165) is 24.7 Å². The third kappa shape index (κ3) is 1.90. The maximum atomic E-state index is 11.9. The number of allylic oxidation sites excluding steroid dienone is 1. The molecule has 4 heteroatoms. The van der Waals surface area contributed by atoms with Gasteiger partial charge in [0.1, 0.15) is 0 Å². The second-order valence-electron chi connectivity index (χ2n) is 4.10. The van der Waals surface area contributed by atoms with Crippen LogP contribution >= 0.6 is 0 Å². The maximum absolute atomic E-state index is 11.9. The fourth-order valence-corrected chi connectivity index (χ4v) is 1.62. The highest BCUT2D eigenvalue weighted by Gasteiger charge is 2.29. The van der Waals surface area contributed by atoms with Gasteiger partial charge in [0, 0.05) is 25.8 Å². The first-order valence-electron chi connectivity index (χ1n) is 5.14. The SMILES string of the molecule is CC1=CCNN(C)C(=O)N1CC1CC1. The molecule has 14 heavy (non-hydrogen) atoms. The molecule has 0 unspecified atom stereocenters. The first-order chi connectivity index (χ1) is 6.68. The molecular weight excluding hydrogens is 178 g/mol. The Morgan fingerprint density at radius 3 is 2.93 bits per heavy atom. The van der Waals surface area contributed by atoms with E-state index in [1.54, 1.807) is 12.1 Å². The summed E-state index contributed by atoms with van der Waals surface area (Å²) in [5, 5.41) is 1.56. The van der Waals surface area contributed by atoms with E-state index in [1.165, 1.54) is 12.8 Å². The van der Waals surface area contributed by atoms with Crippen molar-refractivity contribution in [1.82, 2.24) is 15.3 Å². The Hall–Kier alpha value is -1.03. The van der Waals surface area contributed by atoms with Crippen molar-refractivity contribution >= 4 is 6.03 Å². The van der Waals surface area contributed by atoms with Crippen molar-refractivity contribution in [1.29, 1.82) is 0 Å². The lowest BCUT2D eigenvalue weighted by molar-refractivity contribution is 0.160. The molecule has 1 heterocycles. The van der Waals surface area contributed by atoms with Crippen LogP contribution in [0.4, 0.5) is 4.79 Å². The number of urea groups is 1. The summed E-state index contributed by atoms with van der Waals surface area (Å²) >= 11 is 0. The Labute approximate surface area is 84.5 Å². The fourth-order valence-electron chi connectivity index (χ4n) is 1.62. The molecule has 0 spiro atoms. The molecule has 0 radical (unpaired) electrons. The number of nitrogens with one attached hydrogen (secondary N) is 1. The van der Waals surface area contributed by atoms with Gasteiger partial charge in [-0.2, -0.15) is 0 Å². The summed E-state index contributed by atoms with van der Waals surface area (Å²) in [6, 6.07) is 0.0585. The van der Waals surface area contributed by atoms with Crippen LogP contribution in [-0.4, -0.2) is 36.1 Å². The van der Waals surface area contributed by atoms with E-state index in [0.29, 0.717) is 0 Å². The molecule has 1 saturated carbocycles. The summed E-state index contributed by atoms with van der Waals surface area (Å²) in [5.74, 6) is 0.730. The van der Waals surface area contributed by atoms with E-state index in [4.69, 9.17) is 0 Å². The van der Waals surface area contributed by atoms with E-state index in [2.05, 4.69) is 11.5 Å². The molecule has 1 aliphatic heterocycles. The zero-order chi connectivity index (χ0) is 10.1. The third-order valence-corrected chi connectivity index (χ3v) is 2.81. The Kier molecular flexibility index (Phi) is 2.46. The smallest absolute Gasteiger partial charge is 0.297 e. The lowest BCUT2D eigenvalue weighted by Gasteiger charge is -2.25. The van der Waals surface area contributed by atoms with Crippen LogP contribution in [0.15, 0.2) is 11.8 Å². The van der Waals surface area contributed by atoms with Crippen molar-refractivity contribution in [3.05, 3.63) is 11.8 Å². The summed E-state index contributed by atoms with van der Waals surface area (Å²) in [6.07, 6.45) is 4.60. The quantitative estimate of drug-likeness (QED) is 0.718. The standard InChI is InChI=1S/C10H17N3O/c1-8-5-6-11-12(2)10(14)13(8)7-9-3-4-9/h5,9,11H,3-4,6-7H2,1-2H3. The molecule has 1 aliphatic carbocycles. The molecule has 78 valence electrons. The second-order valence-corrected chi connectivity index (χ2v) is 4.10. The van der Waals surface area contributed by atoms with E-state index in [9.17, 15) is 4.79 Å². The molecule has 0 aromatic carbocycles. The molecule has 1 N–H and O–H groups in total. The van der Waals surface area contributed by atoms with Crippen LogP contribution < -0.4 is 5.43 Å². The van der Waals surface area contributed by atoms with Crippen molar-refractivity contribution < 1.29 is 4.79 Å². The van der Waals surface area contributed by atoms with Crippen LogP contribution in [0.3, 0.4) is 0 Å². The van der Waals surface area contributed by atoms with Crippen LogP contribution in [0.1, 0.15) is 19.8 Å². The average Bonchev–Trinajstić information content (AvgIpc) is 2.95. The summed E-state index contributed by atoms with van der Waals surface area (Å²) in [4.78, 5) is 13.7. The first-order valence-corrected chi connectivity index (χ1v) is 5.14. The summed E-state index contributed by atoms with van der Waals surface area (Å²) in [5.41, 5.74) is 4.08. The minimum absolute atomic E-state index is 0.0585. The Balaban J connectivity index is 2.09. The van der Waals surface area contributed by atoms with E-state index < -0.39 is 0 Å². The third-order valence-electron chi connectivity index (χ3n) is 2.81. The molecule has 2 rings (SSSR count). The number of carbonyl (C=O) groups is 1. The molecule has 0 bridgehead atoms. The monoisotopic (exact) mass is 195 g/mol. The lowest BCUT2D eigenvalue weighted by Crippen LogP contribution is -2.45. The molecular formula is C10H17N3O. The molecule has 0 aromatic rings. The number of nitrogens with zero attached hydrogens (tertiary/aromatic N) is 2. The van der Waals surface area contributed by atoms with E-state index in [1.807, 2.05) is 11.8 Å². The zero-order valence-electron chi connectivity index (χ0n) is 8.79. The Bertz CT molecular complexity index is 271. The van der Waals surface area contributed by atoms with Gasteiger partial charge in [0.25, 0.3) is 0 Å².